The smallest absolute Gasteiger partial charge is 0.160 e. The molecule has 1 aromatic carbocycles. The van der Waals surface area contributed by atoms with Gasteiger partial charge in [-0.3, -0.25) is 9.67 Å². The van der Waals surface area contributed by atoms with Crippen molar-refractivity contribution in [3.8, 4) is 17.3 Å². The number of para-hydroxylation sites is 1. The van der Waals surface area contributed by atoms with Crippen molar-refractivity contribution in [3.63, 3.8) is 0 Å². The predicted molar refractivity (Wildman–Crippen MR) is 122 cm³/mol. The summed E-state index contributed by atoms with van der Waals surface area (Å²) in [6, 6.07) is 12.1. The van der Waals surface area contributed by atoms with E-state index in [-0.39, 0.29) is 24.8 Å². The van der Waals surface area contributed by atoms with E-state index in [1.807, 2.05) is 42.7 Å². The van der Waals surface area contributed by atoms with Crippen molar-refractivity contribution in [1.29, 1.82) is 0 Å². The van der Waals surface area contributed by atoms with E-state index in [0.717, 1.165) is 54.2 Å². The van der Waals surface area contributed by atoms with Crippen molar-refractivity contribution >= 4 is 35.7 Å². The molecule has 9 heteroatoms. The number of halogens is 2. The van der Waals surface area contributed by atoms with Crippen LogP contribution < -0.4 is 10.1 Å². The van der Waals surface area contributed by atoms with E-state index in [2.05, 4.69) is 30.6 Å². The molecule has 5 rings (SSSR count). The number of rotatable bonds is 5. The van der Waals surface area contributed by atoms with E-state index in [0.29, 0.717) is 13.2 Å². The standard InChI is InChI=1S/C21H22N6O.2ClH/c1-4-16-5-2-8-23-20(16)19(6-1)28-13-12-26-11-9-24-21(26)18-14-17-15-22-7-3-10-27(17)25-18;;/h1-2,4-6,8-9,11,14,22H,3,7,10,12-13,15H2;2*1H. The molecular formula is C21H24Cl2N6O. The van der Waals surface area contributed by atoms with Crippen molar-refractivity contribution in [3.05, 3.63) is 60.7 Å². The SMILES string of the molecule is Cl.Cl.c1cnc2c(OCCn3ccnc3-c3cc4n(n3)CCCNC4)cccc2c1. The lowest BCUT2D eigenvalue weighted by molar-refractivity contribution is 0.302. The van der Waals surface area contributed by atoms with E-state index in [1.165, 1.54) is 5.69 Å². The van der Waals surface area contributed by atoms with Gasteiger partial charge in [0.2, 0.25) is 0 Å². The minimum atomic E-state index is 0. The molecule has 0 atom stereocenters. The van der Waals surface area contributed by atoms with Crippen molar-refractivity contribution in [1.82, 2.24) is 29.6 Å². The van der Waals surface area contributed by atoms with Crippen molar-refractivity contribution < 1.29 is 4.74 Å². The van der Waals surface area contributed by atoms with E-state index in [1.54, 1.807) is 6.20 Å². The molecule has 0 radical (unpaired) electrons. The minimum Gasteiger partial charge on any atom is -0.489 e. The second kappa shape index (κ2) is 9.93. The fraction of sp³-hybridized carbons (Fsp3) is 0.286. The van der Waals surface area contributed by atoms with Crippen molar-refractivity contribution in [2.45, 2.75) is 26.1 Å². The molecule has 0 saturated carbocycles. The third kappa shape index (κ3) is 4.43. The zero-order valence-corrected chi connectivity index (χ0v) is 18.0. The first-order valence-electron chi connectivity index (χ1n) is 9.64. The lowest BCUT2D eigenvalue weighted by Crippen LogP contribution is -2.11. The van der Waals surface area contributed by atoms with Gasteiger partial charge in [0.25, 0.3) is 0 Å². The largest absolute Gasteiger partial charge is 0.489 e. The second-order valence-electron chi connectivity index (χ2n) is 6.90. The maximum Gasteiger partial charge on any atom is 0.160 e. The van der Waals surface area contributed by atoms with Crippen LogP contribution in [0.15, 0.2) is 55.0 Å². The van der Waals surface area contributed by atoms with Gasteiger partial charge in [0.1, 0.15) is 23.6 Å². The lowest BCUT2D eigenvalue weighted by Gasteiger charge is -2.10. The van der Waals surface area contributed by atoms with Gasteiger partial charge in [0, 0.05) is 37.1 Å². The molecule has 0 fully saturated rings. The number of fused-ring (bicyclic) bond motifs is 2. The average Bonchev–Trinajstić information content (AvgIpc) is 3.29. The van der Waals surface area contributed by atoms with Crippen LogP contribution >= 0.6 is 24.8 Å². The Balaban J connectivity index is 0.00000128. The highest BCUT2D eigenvalue weighted by Crippen LogP contribution is 2.23. The van der Waals surface area contributed by atoms with Gasteiger partial charge in [0.05, 0.1) is 12.2 Å². The summed E-state index contributed by atoms with van der Waals surface area (Å²) in [5.74, 6) is 1.68. The minimum absolute atomic E-state index is 0. The quantitative estimate of drug-likeness (QED) is 0.505. The van der Waals surface area contributed by atoms with Crippen LogP contribution in [0.1, 0.15) is 12.1 Å². The van der Waals surface area contributed by atoms with Gasteiger partial charge in [-0.2, -0.15) is 5.10 Å². The number of benzene rings is 1. The van der Waals surface area contributed by atoms with E-state index in [4.69, 9.17) is 9.84 Å². The van der Waals surface area contributed by atoms with Gasteiger partial charge in [-0.15, -0.1) is 24.8 Å². The average molecular weight is 447 g/mol. The maximum absolute atomic E-state index is 6.03. The summed E-state index contributed by atoms with van der Waals surface area (Å²) in [5, 5.41) is 9.27. The molecule has 1 N–H and O–H groups in total. The topological polar surface area (TPSA) is 69.8 Å². The molecule has 0 bridgehead atoms. The molecule has 158 valence electrons. The van der Waals surface area contributed by atoms with Gasteiger partial charge in [0.15, 0.2) is 5.82 Å². The first-order valence-corrected chi connectivity index (χ1v) is 9.64. The van der Waals surface area contributed by atoms with Crippen LogP contribution in [0.4, 0.5) is 0 Å². The molecule has 0 aliphatic carbocycles. The van der Waals surface area contributed by atoms with Gasteiger partial charge in [-0.25, -0.2) is 4.98 Å². The summed E-state index contributed by atoms with van der Waals surface area (Å²) in [4.78, 5) is 8.97. The fourth-order valence-corrected chi connectivity index (χ4v) is 3.64. The molecule has 1 aliphatic rings. The van der Waals surface area contributed by atoms with E-state index >= 15 is 0 Å². The molecule has 1 aliphatic heterocycles. The van der Waals surface area contributed by atoms with Crippen molar-refractivity contribution in [2.24, 2.45) is 0 Å². The molecule has 0 unspecified atom stereocenters. The Morgan fingerprint density at radius 2 is 1.97 bits per heavy atom. The number of ether oxygens (including phenoxy) is 1. The molecule has 4 heterocycles. The molecule has 0 amide bonds. The molecule has 0 saturated heterocycles. The molecular weight excluding hydrogens is 423 g/mol. The number of nitrogens with zero attached hydrogens (tertiary/aromatic N) is 5. The van der Waals surface area contributed by atoms with Crippen LogP contribution in [0, 0.1) is 0 Å². The normalized spacial score (nSPS) is 13.1. The Morgan fingerprint density at radius 1 is 1.07 bits per heavy atom. The number of imidazole rings is 1. The summed E-state index contributed by atoms with van der Waals surface area (Å²) >= 11 is 0. The third-order valence-electron chi connectivity index (χ3n) is 5.02. The zero-order chi connectivity index (χ0) is 18.8. The Labute approximate surface area is 187 Å². The van der Waals surface area contributed by atoms with Gasteiger partial charge >= 0.3 is 0 Å². The number of nitrogens with one attached hydrogen (secondary N) is 1. The predicted octanol–water partition coefficient (Wildman–Crippen LogP) is 3.71. The van der Waals surface area contributed by atoms with Crippen LogP contribution in [-0.2, 0) is 19.6 Å². The monoisotopic (exact) mass is 446 g/mol. The zero-order valence-electron chi connectivity index (χ0n) is 16.4. The summed E-state index contributed by atoms with van der Waals surface area (Å²) in [7, 11) is 0. The summed E-state index contributed by atoms with van der Waals surface area (Å²) in [5.41, 5.74) is 3.01. The number of aromatic nitrogens is 5. The number of hydrogen-bond donors (Lipinski definition) is 1. The molecule has 30 heavy (non-hydrogen) atoms. The maximum atomic E-state index is 6.03. The highest BCUT2D eigenvalue weighted by Gasteiger charge is 2.15. The number of hydrogen-bond acceptors (Lipinski definition) is 5. The van der Waals surface area contributed by atoms with Crippen molar-refractivity contribution in [2.75, 3.05) is 13.2 Å². The van der Waals surface area contributed by atoms with Gasteiger partial charge < -0.3 is 14.6 Å². The summed E-state index contributed by atoms with van der Waals surface area (Å²) in [6.45, 7) is 4.06. The van der Waals surface area contributed by atoms with Gasteiger partial charge in [-0.1, -0.05) is 18.2 Å². The highest BCUT2D eigenvalue weighted by atomic mass is 35.5. The molecule has 4 aromatic rings. The van der Waals surface area contributed by atoms with Crippen LogP contribution in [0.5, 0.6) is 5.75 Å². The van der Waals surface area contributed by atoms with Gasteiger partial charge in [-0.05, 0) is 31.2 Å². The van der Waals surface area contributed by atoms with Crippen LogP contribution in [0.3, 0.4) is 0 Å². The van der Waals surface area contributed by atoms with Crippen LogP contribution in [-0.4, -0.2) is 37.5 Å². The Bertz CT molecular complexity index is 1080. The Morgan fingerprint density at radius 3 is 2.90 bits per heavy atom. The molecule has 3 aromatic heterocycles. The van der Waals surface area contributed by atoms with Crippen LogP contribution in [0.25, 0.3) is 22.4 Å². The van der Waals surface area contributed by atoms with E-state index in [9.17, 15) is 0 Å². The Kier molecular flexibility index (Phi) is 7.31. The third-order valence-corrected chi connectivity index (χ3v) is 5.02. The molecule has 7 nitrogen and oxygen atoms in total. The molecule has 0 spiro atoms. The fourth-order valence-electron chi connectivity index (χ4n) is 3.64. The number of pyridine rings is 1. The first kappa shape index (κ1) is 22.1. The highest BCUT2D eigenvalue weighted by molar-refractivity contribution is 5.85. The van der Waals surface area contributed by atoms with E-state index < -0.39 is 0 Å². The second-order valence-corrected chi connectivity index (χ2v) is 6.90. The summed E-state index contributed by atoms with van der Waals surface area (Å²) in [6.07, 6.45) is 6.68. The number of aryl methyl sites for hydroxylation is 1. The summed E-state index contributed by atoms with van der Waals surface area (Å²) < 4.78 is 10.2. The first-order chi connectivity index (χ1) is 13.9. The van der Waals surface area contributed by atoms with Crippen LogP contribution in [0.2, 0.25) is 0 Å². The Hall–Kier alpha value is -2.61. The lowest BCUT2D eigenvalue weighted by atomic mass is 10.2.